The molecule has 1 heterocycles. The second-order valence-corrected chi connectivity index (χ2v) is 5.75. The molecule has 0 aromatic carbocycles. The number of hydrogen-bond acceptors (Lipinski definition) is 3. The Bertz CT molecular complexity index is 419. The van der Waals surface area contributed by atoms with Crippen LogP contribution < -0.4 is 5.73 Å². The van der Waals surface area contributed by atoms with Crippen molar-refractivity contribution in [3.05, 3.63) is 24.2 Å². The van der Waals surface area contributed by atoms with Crippen LogP contribution in [0.1, 0.15) is 31.2 Å². The number of nitrogens with zero attached hydrogens (tertiary/aromatic N) is 1. The molecule has 2 unspecified atom stereocenters. The van der Waals surface area contributed by atoms with Crippen LogP contribution in [0.3, 0.4) is 0 Å². The molecule has 6 heteroatoms. The maximum atomic E-state index is 13.0. The van der Waals surface area contributed by atoms with Crippen molar-refractivity contribution in [1.29, 1.82) is 0 Å². The molecule has 2 N–H and O–H groups in total. The molecule has 0 aliphatic heterocycles. The lowest BCUT2D eigenvalue weighted by molar-refractivity contribution is -0.193. The normalized spacial score (nSPS) is 28.0. The summed E-state index contributed by atoms with van der Waals surface area (Å²) in [6.07, 6.45) is 0.632. The summed E-state index contributed by atoms with van der Waals surface area (Å²) in [5, 5.41) is 0. The van der Waals surface area contributed by atoms with Gasteiger partial charge in [-0.05, 0) is 32.4 Å². The van der Waals surface area contributed by atoms with E-state index in [1.165, 1.54) is 0 Å². The van der Waals surface area contributed by atoms with Crippen molar-refractivity contribution in [2.45, 2.75) is 43.9 Å². The molecule has 2 rings (SSSR count). The van der Waals surface area contributed by atoms with Gasteiger partial charge in [0.2, 0.25) is 0 Å². The second-order valence-electron chi connectivity index (χ2n) is 5.75. The van der Waals surface area contributed by atoms with Gasteiger partial charge in [0.1, 0.15) is 0 Å². The lowest BCUT2D eigenvalue weighted by Crippen LogP contribution is -2.55. The molecule has 1 fully saturated rings. The number of nitrogens with two attached hydrogens (primary N) is 1. The molecule has 0 saturated heterocycles. The summed E-state index contributed by atoms with van der Waals surface area (Å²) in [6.45, 7) is 0.798. The minimum atomic E-state index is -4.13. The van der Waals surface area contributed by atoms with Crippen LogP contribution in [0.4, 0.5) is 13.2 Å². The summed E-state index contributed by atoms with van der Waals surface area (Å²) in [6, 6.07) is 1.82. The standard InChI is InChI=1S/C14H21F3N2O/c1-19(8-11-4-6-20-9-11)13(10-18)5-2-3-12(7-13)14(15,16)17/h4,6,9,12H,2-3,5,7-8,10,18H2,1H3. The van der Waals surface area contributed by atoms with Gasteiger partial charge in [0.15, 0.2) is 0 Å². The topological polar surface area (TPSA) is 42.4 Å². The van der Waals surface area contributed by atoms with Gasteiger partial charge >= 0.3 is 6.18 Å². The first kappa shape index (κ1) is 15.4. The van der Waals surface area contributed by atoms with Crippen LogP contribution in [0.2, 0.25) is 0 Å². The van der Waals surface area contributed by atoms with Crippen molar-refractivity contribution in [3.8, 4) is 0 Å². The van der Waals surface area contributed by atoms with E-state index >= 15 is 0 Å². The van der Waals surface area contributed by atoms with Crippen LogP contribution in [0.5, 0.6) is 0 Å². The lowest BCUT2D eigenvalue weighted by atomic mass is 9.74. The molecule has 2 atom stereocenters. The molecular formula is C14H21F3N2O. The molecule has 20 heavy (non-hydrogen) atoms. The van der Waals surface area contributed by atoms with Crippen LogP contribution >= 0.6 is 0 Å². The van der Waals surface area contributed by atoms with Gasteiger partial charge in [-0.15, -0.1) is 0 Å². The highest BCUT2D eigenvalue weighted by atomic mass is 19.4. The lowest BCUT2D eigenvalue weighted by Gasteiger charge is -2.47. The zero-order valence-corrected chi connectivity index (χ0v) is 11.6. The van der Waals surface area contributed by atoms with Crippen molar-refractivity contribution in [2.75, 3.05) is 13.6 Å². The van der Waals surface area contributed by atoms with Crippen molar-refractivity contribution in [2.24, 2.45) is 11.7 Å². The highest BCUT2D eigenvalue weighted by molar-refractivity contribution is 5.07. The second kappa shape index (κ2) is 5.77. The summed E-state index contributed by atoms with van der Waals surface area (Å²) in [4.78, 5) is 1.95. The van der Waals surface area contributed by atoms with E-state index in [1.54, 1.807) is 12.5 Å². The molecule has 0 amide bonds. The molecule has 1 aliphatic carbocycles. The Hall–Kier alpha value is -1.01. The number of furan rings is 1. The van der Waals surface area contributed by atoms with E-state index in [4.69, 9.17) is 10.2 Å². The predicted molar refractivity (Wildman–Crippen MR) is 70.0 cm³/mol. The molecule has 1 aromatic rings. The summed E-state index contributed by atoms with van der Waals surface area (Å²) in [7, 11) is 1.85. The molecule has 1 aromatic heterocycles. The maximum absolute atomic E-state index is 13.0. The van der Waals surface area contributed by atoms with Crippen molar-refractivity contribution >= 4 is 0 Å². The number of alkyl halides is 3. The van der Waals surface area contributed by atoms with Gasteiger partial charge in [-0.25, -0.2) is 0 Å². The first-order valence-corrected chi connectivity index (χ1v) is 6.86. The predicted octanol–water partition coefficient (Wildman–Crippen LogP) is 3.16. The molecule has 3 nitrogen and oxygen atoms in total. The average Bonchev–Trinajstić information content (AvgIpc) is 2.90. The SMILES string of the molecule is CN(Cc1ccoc1)C1(CN)CCCC(C(F)(F)F)C1. The first-order valence-electron chi connectivity index (χ1n) is 6.86. The van der Waals surface area contributed by atoms with E-state index in [0.29, 0.717) is 19.4 Å². The van der Waals surface area contributed by atoms with Gasteiger partial charge in [-0.1, -0.05) is 6.42 Å². The van der Waals surface area contributed by atoms with Gasteiger partial charge in [0, 0.05) is 24.2 Å². The number of rotatable bonds is 4. The molecule has 114 valence electrons. The first-order chi connectivity index (χ1) is 9.37. The van der Waals surface area contributed by atoms with Crippen molar-refractivity contribution < 1.29 is 17.6 Å². The Kier molecular flexibility index (Phi) is 4.44. The third kappa shape index (κ3) is 3.17. The van der Waals surface area contributed by atoms with Crippen LogP contribution in [0.25, 0.3) is 0 Å². The Morgan fingerprint density at radius 2 is 2.25 bits per heavy atom. The highest BCUT2D eigenvalue weighted by Crippen LogP contribution is 2.43. The number of halogens is 3. The molecule has 1 aliphatic rings. The zero-order valence-electron chi connectivity index (χ0n) is 11.6. The third-order valence-corrected chi connectivity index (χ3v) is 4.47. The molecule has 0 bridgehead atoms. The van der Waals surface area contributed by atoms with Crippen LogP contribution in [0.15, 0.2) is 23.0 Å². The van der Waals surface area contributed by atoms with Gasteiger partial charge < -0.3 is 10.2 Å². The third-order valence-electron chi connectivity index (χ3n) is 4.47. The van der Waals surface area contributed by atoms with E-state index in [0.717, 1.165) is 5.56 Å². The maximum Gasteiger partial charge on any atom is 0.391 e. The van der Waals surface area contributed by atoms with E-state index in [-0.39, 0.29) is 19.4 Å². The number of likely N-dealkylation sites (N-methyl/N-ethyl adjacent to an activating group) is 1. The van der Waals surface area contributed by atoms with Crippen LogP contribution in [0, 0.1) is 5.92 Å². The largest absolute Gasteiger partial charge is 0.472 e. The van der Waals surface area contributed by atoms with E-state index < -0.39 is 17.6 Å². The summed E-state index contributed by atoms with van der Waals surface area (Å²) >= 11 is 0. The van der Waals surface area contributed by atoms with Crippen molar-refractivity contribution in [3.63, 3.8) is 0 Å². The Balaban J connectivity index is 2.11. The molecule has 1 saturated carbocycles. The molecule has 0 radical (unpaired) electrons. The van der Waals surface area contributed by atoms with Crippen LogP contribution in [-0.2, 0) is 6.54 Å². The van der Waals surface area contributed by atoms with Crippen LogP contribution in [-0.4, -0.2) is 30.2 Å². The fraction of sp³-hybridized carbons (Fsp3) is 0.714. The minimum Gasteiger partial charge on any atom is -0.472 e. The summed E-state index contributed by atoms with van der Waals surface area (Å²) in [5.74, 6) is -1.24. The van der Waals surface area contributed by atoms with E-state index in [2.05, 4.69) is 0 Å². The Morgan fingerprint density at radius 1 is 1.50 bits per heavy atom. The number of hydrogen-bond donors (Lipinski definition) is 1. The average molecular weight is 290 g/mol. The van der Waals surface area contributed by atoms with E-state index in [9.17, 15) is 13.2 Å². The fourth-order valence-electron chi connectivity index (χ4n) is 3.13. The van der Waals surface area contributed by atoms with Gasteiger partial charge in [0.25, 0.3) is 0 Å². The monoisotopic (exact) mass is 290 g/mol. The Morgan fingerprint density at radius 3 is 2.80 bits per heavy atom. The smallest absolute Gasteiger partial charge is 0.391 e. The zero-order chi connectivity index (χ0) is 14.8. The van der Waals surface area contributed by atoms with E-state index in [1.807, 2.05) is 18.0 Å². The summed E-state index contributed by atoms with van der Waals surface area (Å²) < 4.78 is 44.0. The van der Waals surface area contributed by atoms with Crippen molar-refractivity contribution in [1.82, 2.24) is 4.90 Å². The molecule has 0 spiro atoms. The fourth-order valence-corrected chi connectivity index (χ4v) is 3.13. The summed E-state index contributed by atoms with van der Waals surface area (Å²) in [5.41, 5.74) is 6.22. The Labute approximate surface area is 116 Å². The quantitative estimate of drug-likeness (QED) is 0.926. The van der Waals surface area contributed by atoms with Gasteiger partial charge in [-0.3, -0.25) is 4.90 Å². The molecular weight excluding hydrogens is 269 g/mol. The minimum absolute atomic E-state index is 0.0847. The van der Waals surface area contributed by atoms with Gasteiger partial charge in [0.05, 0.1) is 18.4 Å². The highest BCUT2D eigenvalue weighted by Gasteiger charge is 2.48. The van der Waals surface area contributed by atoms with Gasteiger partial charge in [-0.2, -0.15) is 13.2 Å².